The molecule has 0 aromatic rings. The molecule has 6 N–H and O–H groups in total. The second kappa shape index (κ2) is 16.8. The number of hydrogen-bond acceptors (Lipinski definition) is 14. The van der Waals surface area contributed by atoms with E-state index in [2.05, 4.69) is 0 Å². The Morgan fingerprint density at radius 3 is 0.421 bits per heavy atom. The van der Waals surface area contributed by atoms with Crippen molar-refractivity contribution >= 4 is 31.2 Å². The summed E-state index contributed by atoms with van der Waals surface area (Å²) in [6.07, 6.45) is 0. The van der Waals surface area contributed by atoms with Crippen LogP contribution in [0.15, 0.2) is 0 Å². The Hall–Kier alpha value is 0.777. The maximum atomic E-state index is 8.52. The molecular formula is H6N2O12Rh2S3. The minimum atomic E-state index is -5.17. The third-order valence-corrected chi connectivity index (χ3v) is 0. The van der Waals surface area contributed by atoms with Gasteiger partial charge < -0.3 is 39.6 Å². The monoisotopic (exact) mass is 528 g/mol. The maximum Gasteiger partial charge on any atom is 3.00 e. The van der Waals surface area contributed by atoms with Gasteiger partial charge in [-0.1, -0.05) is 0 Å². The van der Waals surface area contributed by atoms with E-state index in [1.54, 1.807) is 0 Å². The summed E-state index contributed by atoms with van der Waals surface area (Å²) in [6.45, 7) is 0. The van der Waals surface area contributed by atoms with Crippen LogP contribution < -0.4 is 12.3 Å². The van der Waals surface area contributed by atoms with Crippen LogP contribution in [0.4, 0.5) is 0 Å². The molecular weight excluding hydrogens is 522 g/mol. The second-order valence-electron chi connectivity index (χ2n) is 1.22. The van der Waals surface area contributed by atoms with E-state index in [1.807, 2.05) is 0 Å². The Labute approximate surface area is 134 Å². The Balaban J connectivity index is -0.0000000206. The van der Waals surface area contributed by atoms with Crippen LogP contribution in [0, 0.1) is 0 Å². The summed E-state index contributed by atoms with van der Waals surface area (Å²) in [6, 6.07) is 0. The molecule has 124 valence electrons. The third-order valence-electron chi connectivity index (χ3n) is 0. The summed E-state index contributed by atoms with van der Waals surface area (Å²) < 4.78 is 102. The minimum absolute atomic E-state index is 0. The van der Waals surface area contributed by atoms with E-state index in [-0.39, 0.29) is 51.3 Å². The Bertz CT molecular complexity index is 350. The fraction of sp³-hybridized carbons (Fsp3) is 0. The van der Waals surface area contributed by atoms with Crippen molar-refractivity contribution in [2.24, 2.45) is 0 Å². The van der Waals surface area contributed by atoms with E-state index >= 15 is 0 Å². The molecule has 0 saturated heterocycles. The normalized spacial score (nSPS) is 9.16. The van der Waals surface area contributed by atoms with Gasteiger partial charge in [0, 0.05) is 31.2 Å². The molecule has 0 saturated carbocycles. The van der Waals surface area contributed by atoms with E-state index in [0.717, 1.165) is 0 Å². The number of rotatable bonds is 0. The molecule has 14 nitrogen and oxygen atoms in total. The van der Waals surface area contributed by atoms with Crippen LogP contribution in [-0.2, 0) is 70.2 Å². The van der Waals surface area contributed by atoms with Crippen LogP contribution in [0.3, 0.4) is 0 Å². The average Bonchev–Trinajstić information content (AvgIpc) is 1.41. The first-order valence-corrected chi connectivity index (χ1v) is 6.00. The van der Waals surface area contributed by atoms with Gasteiger partial charge >= 0.3 is 39.0 Å². The molecule has 0 unspecified atom stereocenters. The van der Waals surface area contributed by atoms with E-state index in [9.17, 15) is 0 Å². The van der Waals surface area contributed by atoms with Crippen LogP contribution >= 0.6 is 0 Å². The van der Waals surface area contributed by atoms with Crippen molar-refractivity contribution in [3.63, 3.8) is 0 Å². The molecule has 0 aliphatic heterocycles. The fourth-order valence-corrected chi connectivity index (χ4v) is 0. The van der Waals surface area contributed by atoms with E-state index in [4.69, 9.17) is 52.6 Å². The third kappa shape index (κ3) is 8760. The van der Waals surface area contributed by atoms with Crippen LogP contribution in [0.1, 0.15) is 0 Å². The van der Waals surface area contributed by atoms with Crippen LogP contribution in [0.25, 0.3) is 0 Å². The quantitative estimate of drug-likeness (QED) is 0.174. The first kappa shape index (κ1) is 42.7. The van der Waals surface area contributed by atoms with Gasteiger partial charge in [-0.2, -0.15) is 0 Å². The van der Waals surface area contributed by atoms with Crippen molar-refractivity contribution in [2.45, 2.75) is 0 Å². The average molecular weight is 528 g/mol. The standard InChI is InChI=1S/2H3N.3H2O4S.2Rh/c;;3*1-5(2,3)4;;/h2*1H3;3*(H2,1,2,3,4);;/q;;;;;2*+3/p-6. The smallest absolute Gasteiger partial charge is 0.759 e. The Kier molecular flexibility index (Phi) is 37.8. The molecule has 0 aromatic heterocycles. The van der Waals surface area contributed by atoms with E-state index in [1.165, 1.54) is 0 Å². The molecule has 0 aromatic carbocycles. The van der Waals surface area contributed by atoms with Gasteiger partial charge in [0.2, 0.25) is 0 Å². The summed E-state index contributed by atoms with van der Waals surface area (Å²) in [5.74, 6) is 0. The van der Waals surface area contributed by atoms with Crippen molar-refractivity contribution < 1.29 is 91.5 Å². The molecule has 0 heterocycles. The minimum Gasteiger partial charge on any atom is -0.759 e. The van der Waals surface area contributed by atoms with E-state index < -0.39 is 31.2 Å². The Morgan fingerprint density at radius 1 is 0.421 bits per heavy atom. The van der Waals surface area contributed by atoms with Gasteiger partial charge in [-0.15, -0.1) is 0 Å². The van der Waals surface area contributed by atoms with E-state index in [0.29, 0.717) is 0 Å². The molecule has 19 heteroatoms. The molecule has 19 heavy (non-hydrogen) atoms. The Morgan fingerprint density at radius 2 is 0.421 bits per heavy atom. The van der Waals surface area contributed by atoms with Gasteiger partial charge in [0.25, 0.3) is 0 Å². The molecule has 0 spiro atoms. The first-order chi connectivity index (χ1) is 6.00. The molecule has 0 aliphatic rings. The molecule has 0 atom stereocenters. The predicted molar refractivity (Wildman–Crippen MR) is 41.5 cm³/mol. The van der Waals surface area contributed by atoms with Gasteiger partial charge in [0.15, 0.2) is 0 Å². The zero-order chi connectivity index (χ0) is 13.5. The van der Waals surface area contributed by atoms with Crippen LogP contribution in [-0.4, -0.2) is 52.6 Å². The van der Waals surface area contributed by atoms with Crippen LogP contribution in [0.2, 0.25) is 0 Å². The predicted octanol–water partition coefficient (Wildman–Crippen LogP) is -3.70. The first-order valence-electron chi connectivity index (χ1n) is 2.00. The summed E-state index contributed by atoms with van der Waals surface area (Å²) in [5.41, 5.74) is 0. The molecule has 0 rings (SSSR count). The molecule has 0 fully saturated rings. The topological polar surface area (TPSA) is 311 Å². The van der Waals surface area contributed by atoms with Gasteiger partial charge in [0.1, 0.15) is 0 Å². The van der Waals surface area contributed by atoms with Gasteiger partial charge in [-0.3, -0.25) is 25.3 Å². The van der Waals surface area contributed by atoms with Gasteiger partial charge in [-0.05, 0) is 0 Å². The van der Waals surface area contributed by atoms with Crippen molar-refractivity contribution in [1.82, 2.24) is 12.3 Å². The van der Waals surface area contributed by atoms with Crippen molar-refractivity contribution in [3.8, 4) is 0 Å². The summed E-state index contributed by atoms with van der Waals surface area (Å²) in [7, 11) is -15.5. The largest absolute Gasteiger partial charge is 3.00 e. The second-order valence-corrected chi connectivity index (χ2v) is 3.67. The van der Waals surface area contributed by atoms with Crippen molar-refractivity contribution in [2.75, 3.05) is 0 Å². The molecule has 0 bridgehead atoms. The fourth-order valence-electron chi connectivity index (χ4n) is 0. The van der Waals surface area contributed by atoms with Crippen LogP contribution in [0.5, 0.6) is 0 Å². The number of hydrogen-bond donors (Lipinski definition) is 2. The zero-order valence-corrected chi connectivity index (χ0v) is 13.9. The summed E-state index contributed by atoms with van der Waals surface area (Å²) in [4.78, 5) is 0. The molecule has 0 aliphatic carbocycles. The summed E-state index contributed by atoms with van der Waals surface area (Å²) >= 11 is 0. The molecule has 0 amide bonds. The molecule has 0 radical (unpaired) electrons. The van der Waals surface area contributed by atoms with Gasteiger partial charge in [-0.25, -0.2) is 0 Å². The maximum absolute atomic E-state index is 8.52. The zero-order valence-electron chi connectivity index (χ0n) is 8.20. The SMILES string of the molecule is N.N.O=S(=O)([O-])[O-].O=S(=O)([O-])[O-].O=S(=O)([O-])[O-].[Rh+3].[Rh+3]. The van der Waals surface area contributed by atoms with Crippen molar-refractivity contribution in [3.05, 3.63) is 0 Å². The van der Waals surface area contributed by atoms with Gasteiger partial charge in [0.05, 0.1) is 0 Å². The summed E-state index contributed by atoms with van der Waals surface area (Å²) in [5, 5.41) is 0. The van der Waals surface area contributed by atoms with Crippen molar-refractivity contribution in [1.29, 1.82) is 0 Å².